The standard InChI is InChI=1S/C36H43FN8O5/c1-36(2,3)50-35(47)41-23-7-6-14-44(21-23)28-17-31(39-19-26(28)22-18-40-45(20-22)24-12-15-49-16-13-24)42-30-11-10-25(34(38)46)33(43-30)32-27(37)8-5-9-29(32)48-4/h5,8-11,17-20,23-24H,6-7,12-16,21H2,1-4H3,(H2,38,46)(H,41,47)(H,39,42,43)/t23-/m0/s1. The number of nitrogens with two attached hydrogens (primary N) is 1. The van der Waals surface area contributed by atoms with E-state index in [0.29, 0.717) is 31.4 Å². The highest BCUT2D eigenvalue weighted by atomic mass is 19.1. The van der Waals surface area contributed by atoms with Gasteiger partial charge in [-0.1, -0.05) is 6.07 Å². The minimum Gasteiger partial charge on any atom is -0.496 e. The van der Waals surface area contributed by atoms with E-state index < -0.39 is 23.4 Å². The molecule has 0 aliphatic carbocycles. The van der Waals surface area contributed by atoms with Gasteiger partial charge in [0.1, 0.15) is 28.8 Å². The van der Waals surface area contributed by atoms with Crippen LogP contribution < -0.4 is 26.0 Å². The largest absolute Gasteiger partial charge is 0.496 e. The Bertz CT molecular complexity index is 1850. The molecule has 5 heterocycles. The molecular formula is C36H43FN8O5. The molecule has 0 bridgehead atoms. The summed E-state index contributed by atoms with van der Waals surface area (Å²) in [5.74, 6) is -0.370. The van der Waals surface area contributed by atoms with E-state index in [4.69, 9.17) is 30.0 Å². The number of piperidine rings is 1. The molecule has 13 nitrogen and oxygen atoms in total. The number of nitrogens with one attached hydrogen (secondary N) is 2. The van der Waals surface area contributed by atoms with Crippen molar-refractivity contribution in [2.24, 2.45) is 5.73 Å². The zero-order valence-corrected chi connectivity index (χ0v) is 28.7. The van der Waals surface area contributed by atoms with Gasteiger partial charge in [0.25, 0.3) is 5.91 Å². The number of anilines is 3. The Labute approximate surface area is 290 Å². The molecule has 6 rings (SSSR count). The summed E-state index contributed by atoms with van der Waals surface area (Å²) in [6, 6.07) is 9.49. The average molecular weight is 687 g/mol. The van der Waals surface area contributed by atoms with E-state index >= 15 is 4.39 Å². The molecule has 0 unspecified atom stereocenters. The van der Waals surface area contributed by atoms with E-state index in [0.717, 1.165) is 49.0 Å². The number of rotatable bonds is 9. The van der Waals surface area contributed by atoms with Gasteiger partial charge in [-0.2, -0.15) is 5.10 Å². The smallest absolute Gasteiger partial charge is 0.407 e. The molecule has 4 N–H and O–H groups in total. The predicted molar refractivity (Wildman–Crippen MR) is 187 cm³/mol. The van der Waals surface area contributed by atoms with E-state index in [1.165, 1.54) is 25.3 Å². The van der Waals surface area contributed by atoms with E-state index in [1.807, 2.05) is 43.9 Å². The number of benzene rings is 1. The van der Waals surface area contributed by atoms with Gasteiger partial charge in [-0.3, -0.25) is 9.48 Å². The molecule has 2 saturated heterocycles. The summed E-state index contributed by atoms with van der Waals surface area (Å²) in [5.41, 5.74) is 7.83. The van der Waals surface area contributed by atoms with Crippen LogP contribution in [-0.2, 0) is 9.47 Å². The number of carbonyl (C=O) groups is 2. The number of methoxy groups -OCH3 is 1. The number of hydrogen-bond donors (Lipinski definition) is 3. The minimum absolute atomic E-state index is 0.0230. The van der Waals surface area contributed by atoms with Crippen LogP contribution in [0.5, 0.6) is 5.75 Å². The number of nitrogens with zero attached hydrogens (tertiary/aromatic N) is 5. The van der Waals surface area contributed by atoms with Gasteiger partial charge in [0.15, 0.2) is 0 Å². The van der Waals surface area contributed by atoms with Crippen molar-refractivity contribution >= 4 is 29.3 Å². The average Bonchev–Trinajstić information content (AvgIpc) is 3.58. The van der Waals surface area contributed by atoms with Crippen LogP contribution in [-0.4, -0.2) is 76.8 Å². The van der Waals surface area contributed by atoms with Gasteiger partial charge >= 0.3 is 6.09 Å². The van der Waals surface area contributed by atoms with Crippen LogP contribution in [0.1, 0.15) is 62.9 Å². The van der Waals surface area contributed by atoms with Gasteiger partial charge < -0.3 is 35.5 Å². The maximum atomic E-state index is 15.1. The number of amides is 2. The Kier molecular flexibility index (Phi) is 10.2. The summed E-state index contributed by atoms with van der Waals surface area (Å²) < 4.78 is 33.6. The van der Waals surface area contributed by atoms with E-state index in [1.54, 1.807) is 18.3 Å². The van der Waals surface area contributed by atoms with Crippen molar-refractivity contribution in [3.05, 3.63) is 66.4 Å². The van der Waals surface area contributed by atoms with Gasteiger partial charge in [0, 0.05) is 61.9 Å². The summed E-state index contributed by atoms with van der Waals surface area (Å²) in [6.45, 7) is 8.21. The number of primary amides is 1. The monoisotopic (exact) mass is 686 g/mol. The lowest BCUT2D eigenvalue weighted by atomic mass is 10.0. The van der Waals surface area contributed by atoms with Crippen LogP contribution in [0.25, 0.3) is 22.4 Å². The molecule has 4 aromatic rings. The first kappa shape index (κ1) is 34.6. The first-order valence-electron chi connectivity index (χ1n) is 16.8. The zero-order valence-electron chi connectivity index (χ0n) is 28.7. The van der Waals surface area contributed by atoms with Crippen molar-refractivity contribution < 1.29 is 28.2 Å². The number of carbonyl (C=O) groups excluding carboxylic acids is 2. The number of aromatic nitrogens is 4. The molecular weight excluding hydrogens is 643 g/mol. The molecule has 0 radical (unpaired) electrons. The highest BCUT2D eigenvalue weighted by molar-refractivity contribution is 6.00. The summed E-state index contributed by atoms with van der Waals surface area (Å²) >= 11 is 0. The van der Waals surface area contributed by atoms with Crippen LogP contribution in [0.15, 0.2) is 55.0 Å². The number of pyridine rings is 2. The minimum atomic E-state index is -0.755. The summed E-state index contributed by atoms with van der Waals surface area (Å²) in [6.07, 6.45) is 8.66. The van der Waals surface area contributed by atoms with Gasteiger partial charge in [0.2, 0.25) is 0 Å². The second kappa shape index (κ2) is 14.7. The first-order chi connectivity index (χ1) is 24.0. The molecule has 3 aromatic heterocycles. The predicted octanol–water partition coefficient (Wildman–Crippen LogP) is 5.84. The van der Waals surface area contributed by atoms with Crippen molar-refractivity contribution in [1.29, 1.82) is 0 Å². The number of halogens is 1. The third-order valence-electron chi connectivity index (χ3n) is 8.69. The molecule has 264 valence electrons. The summed E-state index contributed by atoms with van der Waals surface area (Å²) in [4.78, 5) is 36.6. The van der Waals surface area contributed by atoms with Crippen molar-refractivity contribution in [1.82, 2.24) is 25.1 Å². The normalized spacial score (nSPS) is 16.9. The van der Waals surface area contributed by atoms with Crippen LogP contribution >= 0.6 is 0 Å². The van der Waals surface area contributed by atoms with Gasteiger partial charge in [-0.25, -0.2) is 19.2 Å². The van der Waals surface area contributed by atoms with Crippen LogP contribution in [0, 0.1) is 5.82 Å². The van der Waals surface area contributed by atoms with Crippen molar-refractivity contribution in [3.8, 4) is 28.1 Å². The Hall–Kier alpha value is -5.24. The summed E-state index contributed by atoms with van der Waals surface area (Å²) in [5, 5.41) is 11.0. The van der Waals surface area contributed by atoms with E-state index in [-0.39, 0.29) is 34.7 Å². The van der Waals surface area contributed by atoms with Gasteiger partial charge in [-0.05, 0) is 70.7 Å². The van der Waals surface area contributed by atoms with Gasteiger partial charge in [0.05, 0.1) is 41.9 Å². The zero-order chi connectivity index (χ0) is 35.4. The SMILES string of the molecule is COc1cccc(F)c1-c1nc(Nc2cc(N3CCC[C@H](NC(=O)OC(C)(C)C)C3)c(-c3cnn(C4CCOCC4)c3)cn2)ccc1C(N)=O. The van der Waals surface area contributed by atoms with Crippen molar-refractivity contribution in [2.45, 2.75) is 64.1 Å². The van der Waals surface area contributed by atoms with Crippen LogP contribution in [0.2, 0.25) is 0 Å². The Morgan fingerprint density at radius 3 is 2.62 bits per heavy atom. The van der Waals surface area contributed by atoms with Crippen molar-refractivity contribution in [2.75, 3.05) is 43.6 Å². The molecule has 1 aromatic carbocycles. The molecule has 14 heteroatoms. The lowest BCUT2D eigenvalue weighted by molar-refractivity contribution is 0.0499. The Morgan fingerprint density at radius 1 is 1.08 bits per heavy atom. The topological polar surface area (TPSA) is 159 Å². The van der Waals surface area contributed by atoms with Crippen LogP contribution in [0.4, 0.5) is 26.5 Å². The second-order valence-corrected chi connectivity index (χ2v) is 13.5. The lowest BCUT2D eigenvalue weighted by Crippen LogP contribution is -2.49. The quantitative estimate of drug-likeness (QED) is 0.195. The molecule has 2 aliphatic rings. The van der Waals surface area contributed by atoms with Crippen LogP contribution in [0.3, 0.4) is 0 Å². The fourth-order valence-electron chi connectivity index (χ4n) is 6.37. The molecule has 50 heavy (non-hydrogen) atoms. The third kappa shape index (κ3) is 7.96. The first-order valence-corrected chi connectivity index (χ1v) is 16.8. The lowest BCUT2D eigenvalue weighted by Gasteiger charge is -2.36. The second-order valence-electron chi connectivity index (χ2n) is 13.5. The number of ether oxygens (including phenoxy) is 3. The fraction of sp³-hybridized carbons (Fsp3) is 0.417. The number of hydrogen-bond acceptors (Lipinski definition) is 10. The maximum absolute atomic E-state index is 15.1. The number of alkyl carbamates (subject to hydrolysis) is 1. The van der Waals surface area contributed by atoms with Crippen molar-refractivity contribution in [3.63, 3.8) is 0 Å². The highest BCUT2D eigenvalue weighted by Crippen LogP contribution is 2.37. The van der Waals surface area contributed by atoms with Gasteiger partial charge in [-0.15, -0.1) is 0 Å². The summed E-state index contributed by atoms with van der Waals surface area (Å²) in [7, 11) is 1.42. The molecule has 2 aliphatic heterocycles. The Morgan fingerprint density at radius 2 is 1.88 bits per heavy atom. The maximum Gasteiger partial charge on any atom is 0.407 e. The van der Waals surface area contributed by atoms with E-state index in [2.05, 4.69) is 20.5 Å². The highest BCUT2D eigenvalue weighted by Gasteiger charge is 2.27. The molecule has 0 spiro atoms. The molecule has 1 atom stereocenters. The molecule has 2 fully saturated rings. The molecule has 0 saturated carbocycles. The fourth-order valence-corrected chi connectivity index (χ4v) is 6.37. The Balaban J connectivity index is 1.35. The third-order valence-corrected chi connectivity index (χ3v) is 8.69. The van der Waals surface area contributed by atoms with E-state index in [9.17, 15) is 9.59 Å². The molecule has 2 amide bonds.